The first-order chi connectivity index (χ1) is 11.4. The van der Waals surface area contributed by atoms with Gasteiger partial charge in [-0.25, -0.2) is 0 Å². The molecule has 3 N–H and O–H groups in total. The molecule has 0 fully saturated rings. The molecule has 0 saturated heterocycles. The maximum atomic E-state index is 12.3. The SMILES string of the molecule is N[C@@H](c1ccc(OC(F)(F)F)cc1)c1cc(OC(F)(F)F)ccc1O. The van der Waals surface area contributed by atoms with E-state index in [4.69, 9.17) is 5.73 Å². The Kier molecular flexibility index (Phi) is 5.02. The van der Waals surface area contributed by atoms with Crippen molar-refractivity contribution in [2.75, 3.05) is 0 Å². The van der Waals surface area contributed by atoms with Crippen LogP contribution in [0, 0.1) is 0 Å². The Balaban J connectivity index is 2.25. The van der Waals surface area contributed by atoms with Crippen LogP contribution in [0.3, 0.4) is 0 Å². The topological polar surface area (TPSA) is 64.7 Å². The summed E-state index contributed by atoms with van der Waals surface area (Å²) >= 11 is 0. The Morgan fingerprint density at radius 3 is 1.80 bits per heavy atom. The van der Waals surface area contributed by atoms with Crippen molar-refractivity contribution >= 4 is 0 Å². The summed E-state index contributed by atoms with van der Waals surface area (Å²) in [4.78, 5) is 0. The monoisotopic (exact) mass is 367 g/mol. The van der Waals surface area contributed by atoms with Gasteiger partial charge in [0.25, 0.3) is 0 Å². The Morgan fingerprint density at radius 1 is 0.800 bits per heavy atom. The lowest BCUT2D eigenvalue weighted by atomic mass is 9.98. The van der Waals surface area contributed by atoms with E-state index in [2.05, 4.69) is 9.47 Å². The quantitative estimate of drug-likeness (QED) is 0.794. The van der Waals surface area contributed by atoms with Gasteiger partial charge in [0.15, 0.2) is 0 Å². The molecule has 0 aliphatic rings. The average Bonchev–Trinajstić information content (AvgIpc) is 2.46. The highest BCUT2D eigenvalue weighted by atomic mass is 19.4. The fourth-order valence-electron chi connectivity index (χ4n) is 2.04. The number of phenols is 1. The van der Waals surface area contributed by atoms with E-state index in [1.54, 1.807) is 0 Å². The number of hydrogen-bond donors (Lipinski definition) is 2. The van der Waals surface area contributed by atoms with Crippen LogP contribution in [0.15, 0.2) is 42.5 Å². The molecule has 2 aromatic rings. The largest absolute Gasteiger partial charge is 0.573 e. The van der Waals surface area contributed by atoms with Crippen molar-refractivity contribution in [2.24, 2.45) is 5.73 Å². The molecular weight excluding hydrogens is 356 g/mol. The minimum absolute atomic E-state index is 0.0914. The van der Waals surface area contributed by atoms with Crippen LogP contribution < -0.4 is 15.2 Å². The van der Waals surface area contributed by atoms with Crippen molar-refractivity contribution in [1.82, 2.24) is 0 Å². The van der Waals surface area contributed by atoms with Gasteiger partial charge >= 0.3 is 12.7 Å². The molecule has 0 amide bonds. The Labute approximate surface area is 137 Å². The zero-order chi connectivity index (χ0) is 18.8. The lowest BCUT2D eigenvalue weighted by molar-refractivity contribution is -0.275. The molecule has 0 heterocycles. The summed E-state index contributed by atoms with van der Waals surface area (Å²) < 4.78 is 80.6. The van der Waals surface area contributed by atoms with Gasteiger partial charge in [0.2, 0.25) is 0 Å². The van der Waals surface area contributed by atoms with Gasteiger partial charge in [0.1, 0.15) is 17.2 Å². The molecule has 0 unspecified atom stereocenters. The van der Waals surface area contributed by atoms with Crippen LogP contribution >= 0.6 is 0 Å². The third-order valence-corrected chi connectivity index (χ3v) is 3.04. The number of halogens is 6. The van der Waals surface area contributed by atoms with Crippen molar-refractivity contribution in [1.29, 1.82) is 0 Å². The number of aromatic hydroxyl groups is 1. The summed E-state index contributed by atoms with van der Waals surface area (Å²) in [5.74, 6) is -1.47. The number of rotatable bonds is 4. The molecular formula is C15H11F6NO3. The number of phenolic OH excluding ortho intramolecular Hbond substituents is 1. The Bertz CT molecular complexity index is 728. The Morgan fingerprint density at radius 2 is 1.28 bits per heavy atom. The van der Waals surface area contributed by atoms with Crippen LogP contribution in [0.4, 0.5) is 26.3 Å². The summed E-state index contributed by atoms with van der Waals surface area (Å²) in [5.41, 5.74) is 6.02. The molecule has 0 radical (unpaired) electrons. The fraction of sp³-hybridized carbons (Fsp3) is 0.200. The summed E-state index contributed by atoms with van der Waals surface area (Å²) in [6.45, 7) is 0. The molecule has 0 spiro atoms. The second kappa shape index (κ2) is 6.71. The first-order valence-corrected chi connectivity index (χ1v) is 6.64. The van der Waals surface area contributed by atoms with Crippen LogP contribution in [0.2, 0.25) is 0 Å². The van der Waals surface area contributed by atoms with Gasteiger partial charge in [-0.2, -0.15) is 0 Å². The third-order valence-electron chi connectivity index (χ3n) is 3.04. The van der Waals surface area contributed by atoms with E-state index in [0.717, 1.165) is 30.3 Å². The number of nitrogens with two attached hydrogens (primary N) is 1. The molecule has 136 valence electrons. The summed E-state index contributed by atoms with van der Waals surface area (Å²) in [6.07, 6.45) is -9.78. The minimum Gasteiger partial charge on any atom is -0.508 e. The maximum absolute atomic E-state index is 12.3. The van der Waals surface area contributed by atoms with Crippen molar-refractivity contribution in [3.05, 3.63) is 53.6 Å². The van der Waals surface area contributed by atoms with E-state index in [1.165, 1.54) is 12.1 Å². The predicted octanol–water partition coefficient (Wildman–Crippen LogP) is 4.24. The van der Waals surface area contributed by atoms with E-state index in [1.807, 2.05) is 0 Å². The smallest absolute Gasteiger partial charge is 0.508 e. The molecule has 0 aromatic heterocycles. The molecule has 25 heavy (non-hydrogen) atoms. The molecule has 2 rings (SSSR count). The molecule has 1 atom stereocenters. The van der Waals surface area contributed by atoms with E-state index >= 15 is 0 Å². The number of ether oxygens (including phenoxy) is 2. The van der Waals surface area contributed by atoms with Crippen LogP contribution in [-0.4, -0.2) is 17.8 Å². The molecule has 2 aromatic carbocycles. The predicted molar refractivity (Wildman–Crippen MR) is 73.9 cm³/mol. The number of hydrogen-bond acceptors (Lipinski definition) is 4. The standard InChI is InChI=1S/C15H11F6NO3/c16-14(17,18)24-9-3-1-8(2-4-9)13(22)11-7-10(5-6-12(11)23)25-15(19,20)21/h1-7,13,23H,22H2/t13-/m0/s1. The highest BCUT2D eigenvalue weighted by Gasteiger charge is 2.32. The summed E-state index contributed by atoms with van der Waals surface area (Å²) in [7, 11) is 0. The van der Waals surface area contributed by atoms with Crippen LogP contribution in [-0.2, 0) is 0 Å². The van der Waals surface area contributed by atoms with Crippen LogP contribution in [0.1, 0.15) is 17.2 Å². The van der Waals surface area contributed by atoms with Crippen molar-refractivity contribution in [3.63, 3.8) is 0 Å². The van der Waals surface area contributed by atoms with Crippen molar-refractivity contribution in [3.8, 4) is 17.2 Å². The molecule has 0 saturated carbocycles. The van der Waals surface area contributed by atoms with Gasteiger partial charge in [-0.3, -0.25) is 0 Å². The lowest BCUT2D eigenvalue weighted by Crippen LogP contribution is -2.18. The Hall–Kier alpha value is -2.62. The van der Waals surface area contributed by atoms with Crippen molar-refractivity contribution in [2.45, 2.75) is 18.8 Å². The van der Waals surface area contributed by atoms with Gasteiger partial charge in [-0.05, 0) is 35.9 Å². The number of benzene rings is 2. The van der Waals surface area contributed by atoms with Crippen LogP contribution in [0.25, 0.3) is 0 Å². The van der Waals surface area contributed by atoms with E-state index in [-0.39, 0.29) is 11.1 Å². The maximum Gasteiger partial charge on any atom is 0.573 e. The van der Waals surface area contributed by atoms with E-state index in [0.29, 0.717) is 0 Å². The minimum atomic E-state index is -4.92. The zero-order valence-electron chi connectivity index (χ0n) is 12.2. The molecule has 0 aliphatic carbocycles. The number of alkyl halides is 6. The highest BCUT2D eigenvalue weighted by molar-refractivity contribution is 5.45. The molecule has 10 heteroatoms. The first-order valence-electron chi connectivity index (χ1n) is 6.64. The summed E-state index contributed by atoms with van der Waals surface area (Å²) in [6, 6.07) is 6.05. The van der Waals surface area contributed by atoms with Gasteiger partial charge in [-0.1, -0.05) is 12.1 Å². The average molecular weight is 367 g/mol. The van der Waals surface area contributed by atoms with Crippen LogP contribution in [0.5, 0.6) is 17.2 Å². The van der Waals surface area contributed by atoms with E-state index < -0.39 is 36.0 Å². The summed E-state index contributed by atoms with van der Waals surface area (Å²) in [5, 5.41) is 9.78. The fourth-order valence-corrected chi connectivity index (χ4v) is 2.04. The molecule has 0 bridgehead atoms. The van der Waals surface area contributed by atoms with Gasteiger partial charge in [0.05, 0.1) is 6.04 Å². The van der Waals surface area contributed by atoms with Gasteiger partial charge < -0.3 is 20.3 Å². The van der Waals surface area contributed by atoms with Gasteiger partial charge in [0, 0.05) is 5.56 Å². The highest BCUT2D eigenvalue weighted by Crippen LogP contribution is 2.34. The normalized spacial score (nSPS) is 13.4. The molecule has 4 nitrogen and oxygen atoms in total. The third kappa shape index (κ3) is 5.45. The second-order valence-electron chi connectivity index (χ2n) is 4.86. The van der Waals surface area contributed by atoms with Crippen molar-refractivity contribution < 1.29 is 40.9 Å². The molecule has 0 aliphatic heterocycles. The first kappa shape index (κ1) is 18.7. The zero-order valence-corrected chi connectivity index (χ0v) is 12.2. The van der Waals surface area contributed by atoms with E-state index in [9.17, 15) is 31.4 Å². The van der Waals surface area contributed by atoms with Gasteiger partial charge in [-0.15, -0.1) is 26.3 Å². The second-order valence-corrected chi connectivity index (χ2v) is 4.86. The lowest BCUT2D eigenvalue weighted by Gasteiger charge is -2.17.